The van der Waals surface area contributed by atoms with Crippen LogP contribution in [0.5, 0.6) is 11.5 Å². The Balaban J connectivity index is 1.00. The smallest absolute Gasteiger partial charge is 0.173 e. The molecule has 0 saturated carbocycles. The Labute approximate surface area is 269 Å². The summed E-state index contributed by atoms with van der Waals surface area (Å²) in [6.07, 6.45) is 0. The van der Waals surface area contributed by atoms with E-state index in [9.17, 15) is 0 Å². The van der Waals surface area contributed by atoms with Crippen molar-refractivity contribution in [3.63, 3.8) is 0 Å². The number of hydrogen-bond donors (Lipinski definition) is 0. The highest BCUT2D eigenvalue weighted by Gasteiger charge is 2.26. The Morgan fingerprint density at radius 3 is 1.51 bits per heavy atom. The molecule has 2 aliphatic rings. The second kappa shape index (κ2) is 10.7. The lowest BCUT2D eigenvalue weighted by Gasteiger charge is -2.32. The Hall–Kier alpha value is -5.37. The van der Waals surface area contributed by atoms with Crippen molar-refractivity contribution in [3.8, 4) is 33.5 Å². The molecule has 0 N–H and O–H groups in total. The van der Waals surface area contributed by atoms with Crippen LogP contribution in [0.25, 0.3) is 22.0 Å². The SMILES string of the molecule is c1ccc2c(c1)Oc1ccccc1N2c1ccc(-c2nsc(-c3ccc(N4c5ccccc5Sc5ccccc54)cc3)n2)cc1. The fourth-order valence-electron chi connectivity index (χ4n) is 5.94. The number of rotatable bonds is 4. The van der Waals surface area contributed by atoms with Gasteiger partial charge in [-0.1, -0.05) is 60.3 Å². The second-order valence-corrected chi connectivity index (χ2v) is 12.6. The van der Waals surface area contributed by atoms with Crippen LogP contribution in [0.3, 0.4) is 0 Å². The van der Waals surface area contributed by atoms with Crippen molar-refractivity contribution in [1.29, 1.82) is 0 Å². The van der Waals surface area contributed by atoms with Crippen LogP contribution in [0, 0.1) is 0 Å². The summed E-state index contributed by atoms with van der Waals surface area (Å²) < 4.78 is 10.9. The van der Waals surface area contributed by atoms with Gasteiger partial charge in [0.15, 0.2) is 17.3 Å². The quantitative estimate of drug-likeness (QED) is 0.196. The van der Waals surface area contributed by atoms with E-state index in [2.05, 4.69) is 119 Å². The van der Waals surface area contributed by atoms with E-state index in [1.54, 1.807) is 0 Å². The second-order valence-electron chi connectivity index (χ2n) is 10.8. The number of para-hydroxylation sites is 6. The lowest BCUT2D eigenvalue weighted by Crippen LogP contribution is -2.15. The van der Waals surface area contributed by atoms with E-state index in [4.69, 9.17) is 14.1 Å². The van der Waals surface area contributed by atoms with Gasteiger partial charge in [0.25, 0.3) is 0 Å². The van der Waals surface area contributed by atoms with Gasteiger partial charge in [-0.3, -0.25) is 0 Å². The molecule has 0 radical (unpaired) electrons. The minimum Gasteiger partial charge on any atom is -0.453 e. The lowest BCUT2D eigenvalue weighted by molar-refractivity contribution is 0.477. The Kier molecular flexibility index (Phi) is 6.18. The maximum Gasteiger partial charge on any atom is 0.173 e. The molecule has 9 rings (SSSR count). The zero-order valence-electron chi connectivity index (χ0n) is 23.9. The monoisotopic (exact) mass is 616 g/mol. The van der Waals surface area contributed by atoms with E-state index in [-0.39, 0.29) is 0 Å². The highest BCUT2D eigenvalue weighted by Crippen LogP contribution is 2.52. The van der Waals surface area contributed by atoms with Crippen LogP contribution in [-0.4, -0.2) is 9.36 Å². The van der Waals surface area contributed by atoms with Crippen LogP contribution < -0.4 is 14.5 Å². The predicted molar refractivity (Wildman–Crippen MR) is 184 cm³/mol. The number of aromatic nitrogens is 2. The third-order valence-electron chi connectivity index (χ3n) is 8.05. The topological polar surface area (TPSA) is 41.5 Å². The third kappa shape index (κ3) is 4.47. The first-order valence-corrected chi connectivity index (χ1v) is 16.3. The van der Waals surface area contributed by atoms with Gasteiger partial charge in [0.2, 0.25) is 0 Å². The molecule has 0 aliphatic carbocycles. The highest BCUT2D eigenvalue weighted by atomic mass is 32.2. The number of ether oxygens (including phenoxy) is 1. The first kappa shape index (κ1) is 26.1. The van der Waals surface area contributed by atoms with Crippen molar-refractivity contribution >= 4 is 57.4 Å². The van der Waals surface area contributed by atoms with Crippen LogP contribution in [0.15, 0.2) is 155 Å². The molecule has 0 amide bonds. The van der Waals surface area contributed by atoms with Crippen LogP contribution >= 0.6 is 23.3 Å². The maximum atomic E-state index is 6.18. The fourth-order valence-corrected chi connectivity index (χ4v) is 7.68. The van der Waals surface area contributed by atoms with Crippen LogP contribution in [-0.2, 0) is 0 Å². The molecule has 1 aromatic heterocycles. The molecule has 0 bridgehead atoms. The van der Waals surface area contributed by atoms with E-state index in [1.165, 1.54) is 32.7 Å². The normalized spacial score (nSPS) is 12.9. The van der Waals surface area contributed by atoms with Crippen molar-refractivity contribution in [2.75, 3.05) is 9.80 Å². The Bertz CT molecular complexity index is 1950. The summed E-state index contributed by atoms with van der Waals surface area (Å²) in [7, 11) is 0. The summed E-state index contributed by atoms with van der Waals surface area (Å²) in [4.78, 5) is 12.0. The minimum absolute atomic E-state index is 0.726. The molecule has 0 spiro atoms. The maximum absolute atomic E-state index is 6.18. The van der Waals surface area contributed by atoms with Gasteiger partial charge in [-0.05, 0) is 109 Å². The van der Waals surface area contributed by atoms with Crippen molar-refractivity contribution < 1.29 is 4.74 Å². The summed E-state index contributed by atoms with van der Waals surface area (Å²) in [5.41, 5.74) is 8.60. The molecule has 7 aromatic rings. The van der Waals surface area contributed by atoms with Crippen LogP contribution in [0.1, 0.15) is 0 Å². The molecule has 7 heteroatoms. The molecule has 214 valence electrons. The minimum atomic E-state index is 0.726. The number of hydrogen-bond acceptors (Lipinski definition) is 7. The molecule has 45 heavy (non-hydrogen) atoms. The lowest BCUT2D eigenvalue weighted by atomic mass is 10.1. The average molecular weight is 617 g/mol. The zero-order chi connectivity index (χ0) is 29.7. The highest BCUT2D eigenvalue weighted by molar-refractivity contribution is 7.99. The number of benzene rings is 6. The summed E-state index contributed by atoms with van der Waals surface area (Å²) in [6, 6.07) is 50.4. The van der Waals surface area contributed by atoms with Crippen LogP contribution in [0.2, 0.25) is 0 Å². The third-order valence-corrected chi connectivity index (χ3v) is 9.94. The van der Waals surface area contributed by atoms with Gasteiger partial charge in [-0.2, -0.15) is 4.37 Å². The van der Waals surface area contributed by atoms with E-state index in [0.717, 1.165) is 56.2 Å². The number of nitrogens with zero attached hydrogens (tertiary/aromatic N) is 4. The molecule has 5 nitrogen and oxygen atoms in total. The molecular weight excluding hydrogens is 593 g/mol. The summed E-state index contributed by atoms with van der Waals surface area (Å²) >= 11 is 3.24. The van der Waals surface area contributed by atoms with Crippen LogP contribution in [0.4, 0.5) is 34.1 Å². The van der Waals surface area contributed by atoms with Gasteiger partial charge in [0, 0.05) is 32.3 Å². The van der Waals surface area contributed by atoms with Crippen molar-refractivity contribution in [1.82, 2.24) is 9.36 Å². The van der Waals surface area contributed by atoms with Gasteiger partial charge < -0.3 is 14.5 Å². The van der Waals surface area contributed by atoms with Gasteiger partial charge in [-0.25, -0.2) is 4.98 Å². The van der Waals surface area contributed by atoms with E-state index in [1.807, 2.05) is 48.2 Å². The largest absolute Gasteiger partial charge is 0.453 e. The molecule has 3 heterocycles. The average Bonchev–Trinajstić information content (AvgIpc) is 3.60. The van der Waals surface area contributed by atoms with E-state index in [0.29, 0.717) is 0 Å². The van der Waals surface area contributed by atoms with E-state index < -0.39 is 0 Å². The Morgan fingerprint density at radius 2 is 0.933 bits per heavy atom. The first-order valence-electron chi connectivity index (χ1n) is 14.7. The zero-order valence-corrected chi connectivity index (χ0v) is 25.5. The van der Waals surface area contributed by atoms with Gasteiger partial charge in [0.1, 0.15) is 5.01 Å². The number of fused-ring (bicyclic) bond motifs is 4. The molecule has 0 saturated heterocycles. The van der Waals surface area contributed by atoms with Gasteiger partial charge in [0.05, 0.1) is 22.7 Å². The standard InChI is InChI=1S/C38H24N4OS2/c1-5-13-33-29(9-1)41(30-10-2-6-14-34(30)43-33)27-21-17-25(18-22-27)37-39-38(45-40-37)26-19-23-28(24-20-26)42-31-11-3-7-15-35(31)44-36-16-8-4-12-32(36)42/h1-24H. The molecule has 2 aliphatic heterocycles. The fraction of sp³-hybridized carbons (Fsp3) is 0. The molecule has 0 unspecified atom stereocenters. The Morgan fingerprint density at radius 1 is 0.467 bits per heavy atom. The van der Waals surface area contributed by atoms with Crippen molar-refractivity contribution in [2.24, 2.45) is 0 Å². The summed E-state index contributed by atoms with van der Waals surface area (Å²) in [5.74, 6) is 2.40. The number of anilines is 6. The summed E-state index contributed by atoms with van der Waals surface area (Å²) in [6.45, 7) is 0. The predicted octanol–water partition coefficient (Wildman–Crippen LogP) is 11.4. The van der Waals surface area contributed by atoms with E-state index >= 15 is 0 Å². The molecular formula is C38H24N4OS2. The molecule has 0 atom stereocenters. The van der Waals surface area contributed by atoms with Crippen molar-refractivity contribution in [2.45, 2.75) is 9.79 Å². The summed E-state index contributed by atoms with van der Waals surface area (Å²) in [5, 5.41) is 0.895. The van der Waals surface area contributed by atoms with Gasteiger partial charge >= 0.3 is 0 Å². The molecule has 6 aromatic carbocycles. The first-order chi connectivity index (χ1) is 22.3. The molecule has 0 fully saturated rings. The van der Waals surface area contributed by atoms with Crippen molar-refractivity contribution in [3.05, 3.63) is 146 Å². The van der Waals surface area contributed by atoms with Gasteiger partial charge in [-0.15, -0.1) is 0 Å².